The minimum absolute atomic E-state index is 0.0396. The predicted molar refractivity (Wildman–Crippen MR) is 156 cm³/mol. The van der Waals surface area contributed by atoms with Crippen LogP contribution in [0.5, 0.6) is 0 Å². The molecule has 5 atom stereocenters. The summed E-state index contributed by atoms with van der Waals surface area (Å²) in [6, 6.07) is 9.94. The van der Waals surface area contributed by atoms with Gasteiger partial charge in [0.2, 0.25) is 0 Å². The van der Waals surface area contributed by atoms with Crippen molar-refractivity contribution in [2.24, 2.45) is 5.92 Å². The lowest BCUT2D eigenvalue weighted by Gasteiger charge is -2.42. The van der Waals surface area contributed by atoms with Gasteiger partial charge in [-0.1, -0.05) is 44.2 Å². The van der Waals surface area contributed by atoms with E-state index in [2.05, 4.69) is 6.92 Å². The van der Waals surface area contributed by atoms with Crippen molar-refractivity contribution < 1.29 is 28.8 Å². The number of aliphatic hydroxyl groups excluding tert-OH is 1. The van der Waals surface area contributed by atoms with E-state index < -0.39 is 11.9 Å². The van der Waals surface area contributed by atoms with Gasteiger partial charge in [0.15, 0.2) is 5.79 Å². The second-order valence-corrected chi connectivity index (χ2v) is 14.4. The summed E-state index contributed by atoms with van der Waals surface area (Å²) in [7, 11) is 0. The quantitative estimate of drug-likeness (QED) is 0.252. The van der Waals surface area contributed by atoms with E-state index in [0.717, 1.165) is 55.6 Å². The van der Waals surface area contributed by atoms with E-state index in [1.807, 2.05) is 74.6 Å². The average molecular weight is 569 g/mol. The summed E-state index contributed by atoms with van der Waals surface area (Å²) in [5.74, 6) is 1.14. The van der Waals surface area contributed by atoms with Crippen LogP contribution < -0.4 is 0 Å². The second-order valence-electron chi connectivity index (χ2n) is 11.2. The Balaban J connectivity index is 1.59. The van der Waals surface area contributed by atoms with Crippen molar-refractivity contribution in [2.45, 2.75) is 120 Å². The molecule has 0 spiro atoms. The smallest absolute Gasteiger partial charge is 0.302 e. The van der Waals surface area contributed by atoms with Crippen LogP contribution in [0.1, 0.15) is 85.1 Å². The number of ether oxygens (including phenoxy) is 4. The molecule has 3 rings (SSSR count). The number of carbonyl (C=O) groups is 1. The first-order valence-corrected chi connectivity index (χ1v) is 16.2. The Bertz CT molecular complexity index is 829. The minimum Gasteiger partial charge on any atom is -0.462 e. The SMILES string of the molecule is CC[C@@H]1C[C@@H](CCCC2(C[C@H](OC(C)=O)[C@H](C)[C@@H](O)COCc3ccccc3)SCCCS2)OC(C)(C)O1. The van der Waals surface area contributed by atoms with Crippen LogP contribution in [0.3, 0.4) is 0 Å². The molecule has 2 aliphatic heterocycles. The first-order valence-electron chi connectivity index (χ1n) is 14.2. The highest BCUT2D eigenvalue weighted by Crippen LogP contribution is 2.50. The summed E-state index contributed by atoms with van der Waals surface area (Å²) in [6.07, 6.45) is 6.26. The molecule has 1 aromatic rings. The van der Waals surface area contributed by atoms with Crippen LogP contribution in [-0.2, 0) is 30.3 Å². The Hall–Kier alpha value is -0.770. The van der Waals surface area contributed by atoms with E-state index in [0.29, 0.717) is 6.61 Å². The predicted octanol–water partition coefficient (Wildman–Crippen LogP) is 6.58. The maximum atomic E-state index is 12.1. The van der Waals surface area contributed by atoms with Gasteiger partial charge >= 0.3 is 5.97 Å². The summed E-state index contributed by atoms with van der Waals surface area (Å²) in [5.41, 5.74) is 1.07. The number of aliphatic hydroxyl groups is 1. The molecule has 8 heteroatoms. The molecule has 0 amide bonds. The van der Waals surface area contributed by atoms with Crippen LogP contribution >= 0.6 is 23.5 Å². The van der Waals surface area contributed by atoms with Gasteiger partial charge in [-0.3, -0.25) is 4.79 Å². The van der Waals surface area contributed by atoms with Crippen molar-refractivity contribution in [3.8, 4) is 0 Å². The Morgan fingerprint density at radius 3 is 2.50 bits per heavy atom. The standard InChI is InChI=1S/C30H48O6S2/c1-6-25-18-26(36-29(4,5)35-25)14-10-15-30(37-16-11-17-38-30)19-28(34-23(3)31)22(2)27(32)21-33-20-24-12-8-7-9-13-24/h7-9,12-13,22,25-28,32H,6,10-11,14-21H2,1-5H3/t22-,25-,26-,27+,28+/m1/s1. The number of benzene rings is 1. The van der Waals surface area contributed by atoms with Crippen molar-refractivity contribution >= 4 is 29.5 Å². The van der Waals surface area contributed by atoms with Crippen LogP contribution in [0.4, 0.5) is 0 Å². The zero-order chi connectivity index (χ0) is 27.6. The Labute approximate surface area is 238 Å². The van der Waals surface area contributed by atoms with Crippen molar-refractivity contribution in [3.05, 3.63) is 35.9 Å². The molecule has 216 valence electrons. The largest absolute Gasteiger partial charge is 0.462 e. The van der Waals surface area contributed by atoms with Crippen LogP contribution in [0.15, 0.2) is 30.3 Å². The van der Waals surface area contributed by atoms with Gasteiger partial charge in [0.05, 0.1) is 35.6 Å². The molecule has 1 aromatic carbocycles. The third kappa shape index (κ3) is 10.3. The van der Waals surface area contributed by atoms with E-state index in [1.165, 1.54) is 13.3 Å². The van der Waals surface area contributed by atoms with E-state index in [9.17, 15) is 9.90 Å². The van der Waals surface area contributed by atoms with Gasteiger partial charge < -0.3 is 24.1 Å². The lowest BCUT2D eigenvalue weighted by molar-refractivity contribution is -0.300. The van der Waals surface area contributed by atoms with E-state index in [4.69, 9.17) is 18.9 Å². The third-order valence-electron chi connectivity index (χ3n) is 7.41. The summed E-state index contributed by atoms with van der Waals surface area (Å²) < 4.78 is 23.9. The van der Waals surface area contributed by atoms with Crippen LogP contribution in [0.2, 0.25) is 0 Å². The molecule has 2 saturated heterocycles. The molecular formula is C30H48O6S2. The maximum Gasteiger partial charge on any atom is 0.302 e. The monoisotopic (exact) mass is 568 g/mol. The Morgan fingerprint density at radius 2 is 1.84 bits per heavy atom. The zero-order valence-electron chi connectivity index (χ0n) is 23.9. The van der Waals surface area contributed by atoms with Gasteiger partial charge in [0.1, 0.15) is 6.10 Å². The minimum atomic E-state index is -0.720. The summed E-state index contributed by atoms with van der Waals surface area (Å²) in [4.78, 5) is 12.1. The molecular weight excluding hydrogens is 520 g/mol. The number of hydrogen-bond acceptors (Lipinski definition) is 8. The number of esters is 1. The number of carbonyl (C=O) groups excluding carboxylic acids is 1. The first kappa shape index (κ1) is 31.8. The molecule has 0 bridgehead atoms. The molecule has 2 heterocycles. The first-order chi connectivity index (χ1) is 18.1. The zero-order valence-corrected chi connectivity index (χ0v) is 25.5. The third-order valence-corrected chi connectivity index (χ3v) is 10.9. The normalized spacial score (nSPS) is 25.3. The van der Waals surface area contributed by atoms with E-state index >= 15 is 0 Å². The van der Waals surface area contributed by atoms with Crippen LogP contribution in [0.25, 0.3) is 0 Å². The van der Waals surface area contributed by atoms with Gasteiger partial charge in [-0.15, -0.1) is 23.5 Å². The topological polar surface area (TPSA) is 74.2 Å². The van der Waals surface area contributed by atoms with Gasteiger partial charge in [-0.2, -0.15) is 0 Å². The summed E-state index contributed by atoms with van der Waals surface area (Å²) in [6.45, 7) is 10.3. The fourth-order valence-corrected chi connectivity index (χ4v) is 8.83. The number of hydrogen-bond donors (Lipinski definition) is 1. The van der Waals surface area contributed by atoms with Crippen molar-refractivity contribution in [2.75, 3.05) is 18.1 Å². The highest BCUT2D eigenvalue weighted by Gasteiger charge is 2.41. The fourth-order valence-electron chi connectivity index (χ4n) is 5.35. The van der Waals surface area contributed by atoms with Crippen LogP contribution in [0, 0.1) is 5.92 Å². The van der Waals surface area contributed by atoms with Gasteiger partial charge in [0.25, 0.3) is 0 Å². The maximum absolute atomic E-state index is 12.1. The average Bonchev–Trinajstić information content (AvgIpc) is 2.87. The van der Waals surface area contributed by atoms with E-state index in [1.54, 1.807) is 0 Å². The molecule has 0 aliphatic carbocycles. The summed E-state index contributed by atoms with van der Waals surface area (Å²) >= 11 is 3.99. The van der Waals surface area contributed by atoms with Crippen molar-refractivity contribution in [3.63, 3.8) is 0 Å². The molecule has 2 fully saturated rings. The highest BCUT2D eigenvalue weighted by molar-refractivity contribution is 8.18. The number of thioether (sulfide) groups is 2. The highest BCUT2D eigenvalue weighted by atomic mass is 32.2. The molecule has 2 aliphatic rings. The summed E-state index contributed by atoms with van der Waals surface area (Å²) in [5, 5.41) is 11.0. The van der Waals surface area contributed by atoms with Gasteiger partial charge in [-0.25, -0.2) is 0 Å². The van der Waals surface area contributed by atoms with Crippen molar-refractivity contribution in [1.29, 1.82) is 0 Å². The van der Waals surface area contributed by atoms with Gasteiger partial charge in [0, 0.05) is 25.7 Å². The molecule has 6 nitrogen and oxygen atoms in total. The number of rotatable bonds is 14. The van der Waals surface area contributed by atoms with Crippen molar-refractivity contribution in [1.82, 2.24) is 0 Å². The lowest BCUT2D eigenvalue weighted by Crippen LogP contribution is -2.44. The Kier molecular flexibility index (Phi) is 12.8. The molecule has 0 saturated carbocycles. The van der Waals surface area contributed by atoms with E-state index in [-0.39, 0.29) is 40.9 Å². The Morgan fingerprint density at radius 1 is 1.16 bits per heavy atom. The molecule has 38 heavy (non-hydrogen) atoms. The van der Waals surface area contributed by atoms with Crippen LogP contribution in [-0.4, -0.2) is 63.5 Å². The van der Waals surface area contributed by atoms with Gasteiger partial charge in [-0.05, 0) is 63.0 Å². The fraction of sp³-hybridized carbons (Fsp3) is 0.767. The molecule has 0 radical (unpaired) electrons. The second kappa shape index (κ2) is 15.3. The molecule has 0 aromatic heterocycles. The molecule has 1 N–H and O–H groups in total. The lowest BCUT2D eigenvalue weighted by atomic mass is 9.92. The molecule has 0 unspecified atom stereocenters.